The average molecular weight is 448 g/mol. The van der Waals surface area contributed by atoms with Crippen LogP contribution in [0.4, 0.5) is 24.7 Å². The van der Waals surface area contributed by atoms with Crippen LogP contribution in [0.1, 0.15) is 12.0 Å². The lowest BCUT2D eigenvalue weighted by molar-refractivity contribution is -0.138. The number of para-hydroxylation sites is 2. The van der Waals surface area contributed by atoms with Gasteiger partial charge in [0.1, 0.15) is 11.6 Å². The quantitative estimate of drug-likeness (QED) is 0.720. The number of methoxy groups -OCH3 is 1. The molecule has 0 N–H and O–H groups in total. The van der Waals surface area contributed by atoms with Crippen LogP contribution in [0.3, 0.4) is 0 Å². The highest BCUT2D eigenvalue weighted by Gasteiger charge is 2.39. The maximum atomic E-state index is 13.0. The van der Waals surface area contributed by atoms with Crippen LogP contribution in [0.15, 0.2) is 42.6 Å². The van der Waals surface area contributed by atoms with Crippen LogP contribution >= 0.6 is 0 Å². The topological polar surface area (TPSA) is 66.0 Å². The fourth-order valence-corrected chi connectivity index (χ4v) is 4.11. The number of amides is 2. The molecule has 1 aromatic carbocycles. The summed E-state index contributed by atoms with van der Waals surface area (Å²) < 4.78 is 43.5. The number of nitrogens with zero attached hydrogens (tertiary/aromatic N) is 4. The van der Waals surface area contributed by atoms with Crippen LogP contribution in [0.2, 0.25) is 0 Å². The lowest BCUT2D eigenvalue weighted by Crippen LogP contribution is -2.51. The fourth-order valence-electron chi connectivity index (χ4n) is 4.11. The second-order valence-corrected chi connectivity index (χ2v) is 7.79. The molecule has 2 fully saturated rings. The summed E-state index contributed by atoms with van der Waals surface area (Å²) in [5, 5.41) is 0. The van der Waals surface area contributed by atoms with Gasteiger partial charge in [0.2, 0.25) is 11.8 Å². The molecule has 0 bridgehead atoms. The Labute approximate surface area is 183 Å². The summed E-state index contributed by atoms with van der Waals surface area (Å²) in [5.74, 6) is 0.370. The number of anilines is 2. The van der Waals surface area contributed by atoms with Crippen molar-refractivity contribution in [2.45, 2.75) is 12.6 Å². The second kappa shape index (κ2) is 8.68. The molecule has 4 rings (SSSR count). The molecular weight excluding hydrogens is 425 g/mol. The lowest BCUT2D eigenvalue weighted by Gasteiger charge is -2.36. The van der Waals surface area contributed by atoms with E-state index in [-0.39, 0.29) is 18.2 Å². The Morgan fingerprint density at radius 3 is 2.44 bits per heavy atom. The summed E-state index contributed by atoms with van der Waals surface area (Å²) in [7, 11) is 1.53. The number of hydrogen-bond acceptors (Lipinski definition) is 5. The third-order valence-corrected chi connectivity index (χ3v) is 5.84. The third kappa shape index (κ3) is 4.35. The summed E-state index contributed by atoms with van der Waals surface area (Å²) in [4.78, 5) is 34.7. The first-order valence-electron chi connectivity index (χ1n) is 10.3. The smallest absolute Gasteiger partial charge is 0.417 e. The number of carbonyl (C=O) groups is 2. The van der Waals surface area contributed by atoms with Gasteiger partial charge in [0.25, 0.3) is 0 Å². The zero-order chi connectivity index (χ0) is 22.9. The summed E-state index contributed by atoms with van der Waals surface area (Å²) in [6, 6.07) is 9.55. The number of halogens is 3. The van der Waals surface area contributed by atoms with Gasteiger partial charge in [-0.3, -0.25) is 9.59 Å². The zero-order valence-electron chi connectivity index (χ0n) is 17.5. The maximum absolute atomic E-state index is 13.0. The van der Waals surface area contributed by atoms with E-state index in [0.717, 1.165) is 12.3 Å². The van der Waals surface area contributed by atoms with Gasteiger partial charge in [-0.1, -0.05) is 12.1 Å². The summed E-state index contributed by atoms with van der Waals surface area (Å²) in [6.07, 6.45) is -3.46. The third-order valence-electron chi connectivity index (χ3n) is 5.84. The van der Waals surface area contributed by atoms with Crippen molar-refractivity contribution in [1.29, 1.82) is 0 Å². The number of aromatic nitrogens is 1. The highest BCUT2D eigenvalue weighted by Crippen LogP contribution is 2.33. The second-order valence-electron chi connectivity index (χ2n) is 7.79. The molecule has 2 aliphatic rings. The Bertz CT molecular complexity index is 989. The van der Waals surface area contributed by atoms with E-state index < -0.39 is 17.7 Å². The molecule has 10 heteroatoms. The SMILES string of the molecule is COc1ccccc1N1CC(C(=O)N2CCN(c3ccc(C(F)(F)F)cn3)CC2)CC1=O. The van der Waals surface area contributed by atoms with Gasteiger partial charge >= 0.3 is 6.18 Å². The number of hydrogen-bond donors (Lipinski definition) is 0. The summed E-state index contributed by atoms with van der Waals surface area (Å²) in [5.41, 5.74) is -0.144. The standard InChI is InChI=1S/C22H23F3N4O3/c1-32-18-5-3-2-4-17(18)29-14-15(12-20(29)30)21(31)28-10-8-27(9-11-28)19-7-6-16(13-26-19)22(23,24)25/h2-7,13,15H,8-12,14H2,1H3. The first-order valence-corrected chi connectivity index (χ1v) is 10.3. The lowest BCUT2D eigenvalue weighted by atomic mass is 10.1. The van der Waals surface area contributed by atoms with Gasteiger partial charge in [-0.2, -0.15) is 13.2 Å². The van der Waals surface area contributed by atoms with E-state index in [4.69, 9.17) is 4.74 Å². The largest absolute Gasteiger partial charge is 0.495 e. The van der Waals surface area contributed by atoms with Crippen molar-refractivity contribution >= 4 is 23.3 Å². The fraction of sp³-hybridized carbons (Fsp3) is 0.409. The van der Waals surface area contributed by atoms with Crippen molar-refractivity contribution in [3.63, 3.8) is 0 Å². The first-order chi connectivity index (χ1) is 15.3. The Kier molecular flexibility index (Phi) is 5.94. The van der Waals surface area contributed by atoms with Crippen molar-refractivity contribution in [2.24, 2.45) is 5.92 Å². The molecule has 1 atom stereocenters. The van der Waals surface area contributed by atoms with Crippen molar-refractivity contribution in [2.75, 3.05) is 49.6 Å². The van der Waals surface area contributed by atoms with Crippen LogP contribution in [0, 0.1) is 5.92 Å². The van der Waals surface area contributed by atoms with Crippen molar-refractivity contribution in [1.82, 2.24) is 9.88 Å². The molecular formula is C22H23F3N4O3. The van der Waals surface area contributed by atoms with Crippen molar-refractivity contribution in [3.8, 4) is 5.75 Å². The van der Waals surface area contributed by atoms with E-state index in [0.29, 0.717) is 50.0 Å². The Morgan fingerprint density at radius 1 is 1.09 bits per heavy atom. The number of pyridine rings is 1. The molecule has 2 aliphatic heterocycles. The van der Waals surface area contributed by atoms with Crippen LogP contribution in [0.25, 0.3) is 0 Å². The molecule has 32 heavy (non-hydrogen) atoms. The van der Waals surface area contributed by atoms with Crippen LogP contribution in [-0.2, 0) is 15.8 Å². The number of benzene rings is 1. The molecule has 0 saturated carbocycles. The number of ether oxygens (including phenoxy) is 1. The highest BCUT2D eigenvalue weighted by molar-refractivity contribution is 6.01. The minimum atomic E-state index is -4.42. The Morgan fingerprint density at radius 2 is 1.81 bits per heavy atom. The van der Waals surface area contributed by atoms with Crippen molar-refractivity contribution < 1.29 is 27.5 Å². The first kappa shape index (κ1) is 21.9. The predicted octanol–water partition coefficient (Wildman–Crippen LogP) is 2.81. The van der Waals surface area contributed by atoms with Gasteiger partial charge in [-0.25, -0.2) is 4.98 Å². The molecule has 2 aromatic rings. The highest BCUT2D eigenvalue weighted by atomic mass is 19.4. The molecule has 0 spiro atoms. The molecule has 0 radical (unpaired) electrons. The normalized spacial score (nSPS) is 19.4. The average Bonchev–Trinajstić information content (AvgIpc) is 3.19. The van der Waals surface area contributed by atoms with Gasteiger partial charge in [-0.15, -0.1) is 0 Å². The van der Waals surface area contributed by atoms with Crippen LogP contribution in [0.5, 0.6) is 5.75 Å². The minimum Gasteiger partial charge on any atom is -0.495 e. The van der Waals surface area contributed by atoms with Crippen LogP contribution in [-0.4, -0.2) is 61.5 Å². The van der Waals surface area contributed by atoms with Gasteiger partial charge in [0.15, 0.2) is 0 Å². The van der Waals surface area contributed by atoms with Crippen LogP contribution < -0.4 is 14.5 Å². The van der Waals surface area contributed by atoms with Gasteiger partial charge in [0, 0.05) is 45.3 Å². The number of rotatable bonds is 4. The molecule has 2 saturated heterocycles. The number of carbonyl (C=O) groups excluding carboxylic acids is 2. The molecule has 1 aromatic heterocycles. The van der Waals surface area contributed by atoms with E-state index in [1.54, 1.807) is 21.9 Å². The van der Waals surface area contributed by atoms with E-state index in [1.807, 2.05) is 17.0 Å². The molecule has 2 amide bonds. The van der Waals surface area contributed by atoms with Gasteiger partial charge in [0.05, 0.1) is 24.3 Å². The molecule has 7 nitrogen and oxygen atoms in total. The summed E-state index contributed by atoms with van der Waals surface area (Å²) in [6.45, 7) is 2.04. The zero-order valence-corrected chi connectivity index (χ0v) is 17.5. The van der Waals surface area contributed by atoms with Crippen molar-refractivity contribution in [3.05, 3.63) is 48.2 Å². The van der Waals surface area contributed by atoms with E-state index in [1.165, 1.54) is 13.2 Å². The number of piperazine rings is 1. The van der Waals surface area contributed by atoms with Gasteiger partial charge < -0.3 is 19.4 Å². The Hall–Kier alpha value is -3.30. The van der Waals surface area contributed by atoms with E-state index >= 15 is 0 Å². The molecule has 170 valence electrons. The predicted molar refractivity (Wildman–Crippen MR) is 111 cm³/mol. The van der Waals surface area contributed by atoms with E-state index in [9.17, 15) is 22.8 Å². The minimum absolute atomic E-state index is 0.0872. The molecule has 1 unspecified atom stereocenters. The molecule has 0 aliphatic carbocycles. The molecule has 3 heterocycles. The van der Waals surface area contributed by atoms with E-state index in [2.05, 4.69) is 4.98 Å². The number of alkyl halides is 3. The Balaban J connectivity index is 1.36. The maximum Gasteiger partial charge on any atom is 0.417 e. The van der Waals surface area contributed by atoms with Gasteiger partial charge in [-0.05, 0) is 24.3 Å². The monoisotopic (exact) mass is 448 g/mol. The summed E-state index contributed by atoms with van der Waals surface area (Å²) >= 11 is 0.